The first-order valence-electron chi connectivity index (χ1n) is 22.4. The van der Waals surface area contributed by atoms with Crippen molar-refractivity contribution < 1.29 is 82.6 Å². The Morgan fingerprint density at radius 1 is 0.565 bits per heavy atom. The van der Waals surface area contributed by atoms with Crippen LogP contribution in [0, 0.1) is 46.3 Å². The predicted octanol–water partition coefficient (Wildman–Crippen LogP) is 8.31. The van der Waals surface area contributed by atoms with Gasteiger partial charge in [-0.3, -0.25) is 9.59 Å². The smallest absolute Gasteiger partial charge is 0.335 e. The molecule has 11 aliphatic rings. The lowest BCUT2D eigenvalue weighted by molar-refractivity contribution is -0.301. The van der Waals surface area contributed by atoms with Crippen molar-refractivity contribution in [1.82, 2.24) is 0 Å². The third-order valence-corrected chi connectivity index (χ3v) is 16.1. The predicted molar refractivity (Wildman–Crippen MR) is 197 cm³/mol. The Hall–Kier alpha value is -2.38. The van der Waals surface area contributed by atoms with Gasteiger partial charge in [-0.1, -0.05) is 23.3 Å². The van der Waals surface area contributed by atoms with Crippen molar-refractivity contribution in [2.75, 3.05) is 39.6 Å². The summed E-state index contributed by atoms with van der Waals surface area (Å²) in [7, 11) is 0. The van der Waals surface area contributed by atoms with Crippen LogP contribution in [0.3, 0.4) is 0 Å². The average Bonchev–Trinajstić information content (AvgIpc) is 3.48. The lowest BCUT2D eigenvalue weighted by Gasteiger charge is -2.58. The highest BCUT2D eigenvalue weighted by Gasteiger charge is 2.66. The number of hydrogen-bond acceptors (Lipinski definition) is 10. The Bertz CT molecular complexity index is 1670. The van der Waals surface area contributed by atoms with E-state index in [4.69, 9.17) is 37.9 Å². The molecule has 3 saturated heterocycles. The van der Waals surface area contributed by atoms with Crippen LogP contribution in [0.15, 0.2) is 23.3 Å². The Balaban J connectivity index is 0.840. The Labute approximate surface area is 354 Å². The second-order valence-corrected chi connectivity index (χ2v) is 20.3. The van der Waals surface area contributed by atoms with Gasteiger partial charge in [-0.25, -0.2) is 0 Å². The Kier molecular flexibility index (Phi) is 10.8. The van der Waals surface area contributed by atoms with Crippen molar-refractivity contribution in [2.24, 2.45) is 46.3 Å². The quantitative estimate of drug-likeness (QED) is 0.134. The molecule has 3 aliphatic heterocycles. The highest BCUT2D eigenvalue weighted by Crippen LogP contribution is 2.62. The van der Waals surface area contributed by atoms with Crippen molar-refractivity contribution in [3.63, 3.8) is 0 Å². The number of fused-ring (bicyclic) bond motifs is 4. The number of alkyl halides is 8. The maximum absolute atomic E-state index is 14.3. The van der Waals surface area contributed by atoms with Crippen molar-refractivity contribution >= 4 is 11.9 Å². The maximum atomic E-state index is 14.3. The van der Waals surface area contributed by atoms with Crippen molar-refractivity contribution in [2.45, 2.75) is 151 Å². The number of hydrogen-bond donors (Lipinski definition) is 0. The van der Waals surface area contributed by atoms with Crippen LogP contribution in [0.5, 0.6) is 0 Å². The number of carbonyl (C=O) groups excluding carboxylic acids is 2. The first kappa shape index (κ1) is 43.5. The molecule has 0 aromatic carbocycles. The Morgan fingerprint density at radius 3 is 1.31 bits per heavy atom. The molecule has 62 heavy (non-hydrogen) atoms. The molecule has 0 N–H and O–H groups in total. The number of esters is 2. The topological polar surface area (TPSA) is 108 Å². The fraction of sp³-hybridized carbons (Fsp3) is 0.864. The van der Waals surface area contributed by atoms with E-state index >= 15 is 0 Å². The van der Waals surface area contributed by atoms with E-state index in [2.05, 4.69) is 0 Å². The van der Waals surface area contributed by atoms with Gasteiger partial charge in [0.05, 0.1) is 10.8 Å². The SMILES string of the molecule is O=C(OCC1OC2(OC1COC(=O)C13CCCC(=CC(C4OCC(F)(F)C(F)(F)CO4)C1)C3)C1CC3CC(C1)CC2C3)C12CCCC(=CC(C3OCC(F)(F)C(F)(F)CO3)C1)C2. The molecule has 10 nitrogen and oxygen atoms in total. The molecule has 0 amide bonds. The molecule has 0 aromatic rings. The minimum atomic E-state index is -4.42. The molecule has 3 heterocycles. The molecule has 6 unspecified atom stereocenters. The zero-order valence-corrected chi connectivity index (χ0v) is 34.4. The summed E-state index contributed by atoms with van der Waals surface area (Å²) in [6.45, 7) is -6.57. The molecule has 8 aliphatic carbocycles. The van der Waals surface area contributed by atoms with E-state index in [1.165, 1.54) is 6.42 Å². The first-order valence-corrected chi connectivity index (χ1v) is 22.4. The van der Waals surface area contributed by atoms with E-state index in [9.17, 15) is 44.7 Å². The molecular formula is C44H54F8O10. The van der Waals surface area contributed by atoms with Gasteiger partial charge in [0.2, 0.25) is 0 Å². The van der Waals surface area contributed by atoms with Crippen molar-refractivity contribution in [3.05, 3.63) is 23.3 Å². The second-order valence-electron chi connectivity index (χ2n) is 20.3. The second kappa shape index (κ2) is 15.3. The molecule has 8 bridgehead atoms. The highest BCUT2D eigenvalue weighted by atomic mass is 19.3. The number of carbonyl (C=O) groups is 2. The number of allylic oxidation sites excluding steroid dienone is 2. The monoisotopic (exact) mass is 894 g/mol. The molecular weight excluding hydrogens is 840 g/mol. The number of ether oxygens (including phenoxy) is 8. The molecule has 18 heteroatoms. The third kappa shape index (κ3) is 7.44. The van der Waals surface area contributed by atoms with Gasteiger partial charge in [-0.2, -0.15) is 35.1 Å². The molecule has 1 spiro atoms. The summed E-state index contributed by atoms with van der Waals surface area (Å²) >= 11 is 0. The van der Waals surface area contributed by atoms with Crippen LogP contribution in [0.4, 0.5) is 35.1 Å². The summed E-state index contributed by atoms with van der Waals surface area (Å²) in [4.78, 5) is 28.6. The van der Waals surface area contributed by atoms with Gasteiger partial charge in [-0.15, -0.1) is 0 Å². The highest BCUT2D eigenvalue weighted by molar-refractivity contribution is 5.78. The van der Waals surface area contributed by atoms with E-state index in [0.29, 0.717) is 63.2 Å². The van der Waals surface area contributed by atoms with Crippen LogP contribution in [0.2, 0.25) is 0 Å². The largest absolute Gasteiger partial charge is 0.462 e. The van der Waals surface area contributed by atoms with Crippen LogP contribution in [0.1, 0.15) is 96.3 Å². The van der Waals surface area contributed by atoms with E-state index in [1.54, 1.807) is 12.2 Å². The normalized spacial score (nSPS) is 44.2. The lowest BCUT2D eigenvalue weighted by atomic mass is 9.53. The van der Waals surface area contributed by atoms with Gasteiger partial charge >= 0.3 is 35.6 Å². The molecule has 346 valence electrons. The average molecular weight is 895 g/mol. The molecule has 0 radical (unpaired) electrons. The van der Waals surface area contributed by atoms with E-state index in [1.807, 2.05) is 0 Å². The minimum Gasteiger partial charge on any atom is -0.462 e. The van der Waals surface area contributed by atoms with Gasteiger partial charge in [0.15, 0.2) is 18.4 Å². The van der Waals surface area contributed by atoms with Gasteiger partial charge in [-0.05, 0) is 108 Å². The molecule has 6 atom stereocenters. The minimum absolute atomic E-state index is 0.0817. The van der Waals surface area contributed by atoms with E-state index in [0.717, 1.165) is 36.8 Å². The van der Waals surface area contributed by atoms with Crippen LogP contribution >= 0.6 is 0 Å². The third-order valence-electron chi connectivity index (χ3n) is 16.1. The molecule has 9 fully saturated rings. The maximum Gasteiger partial charge on any atom is 0.335 e. The zero-order chi connectivity index (χ0) is 43.5. The van der Waals surface area contributed by atoms with Gasteiger partial charge in [0, 0.05) is 23.7 Å². The van der Waals surface area contributed by atoms with Crippen molar-refractivity contribution in [3.8, 4) is 0 Å². The van der Waals surface area contributed by atoms with Crippen LogP contribution in [-0.4, -0.2) is 106 Å². The standard InChI is InChI=1S/C44H54F8O10/c45-40(46)20-57-34(58-21-41(40,47)48)28-8-24-3-1-5-38(14-24,16-28)36(53)55-18-32-33(62-44(61-32)30-10-26-7-27(12-30)13-31(44)11-26)19-56-37(54)39-6-2-4-25(15-39)9-29(17-39)35-59-22-42(49,50)43(51,52)23-60-35/h8-9,26-35H,1-7,10-23H2. The van der Waals surface area contributed by atoms with Crippen LogP contribution in [-0.2, 0) is 47.5 Å². The molecule has 11 rings (SSSR count). The summed E-state index contributed by atoms with van der Waals surface area (Å²) in [6.07, 6.45) is 8.28. The van der Waals surface area contributed by atoms with Crippen LogP contribution in [0.25, 0.3) is 0 Å². The number of rotatable bonds is 8. The molecule has 6 saturated carbocycles. The summed E-state index contributed by atoms with van der Waals surface area (Å²) < 4.78 is 160. The summed E-state index contributed by atoms with van der Waals surface area (Å²) in [5, 5.41) is 0. The summed E-state index contributed by atoms with van der Waals surface area (Å²) in [6, 6.07) is 0. The fourth-order valence-electron chi connectivity index (χ4n) is 13.2. The number of halogens is 8. The lowest BCUT2D eigenvalue weighted by Crippen LogP contribution is -2.58. The van der Waals surface area contributed by atoms with Crippen molar-refractivity contribution in [1.29, 1.82) is 0 Å². The van der Waals surface area contributed by atoms with Gasteiger partial charge < -0.3 is 37.9 Å². The van der Waals surface area contributed by atoms with Gasteiger partial charge in [0.1, 0.15) is 51.8 Å². The summed E-state index contributed by atoms with van der Waals surface area (Å²) in [5.74, 6) is -19.9. The Morgan fingerprint density at radius 2 is 0.935 bits per heavy atom. The van der Waals surface area contributed by atoms with E-state index in [-0.39, 0.29) is 37.9 Å². The van der Waals surface area contributed by atoms with Crippen LogP contribution < -0.4 is 0 Å². The zero-order valence-electron chi connectivity index (χ0n) is 34.4. The first-order chi connectivity index (χ1) is 29.3. The summed E-state index contributed by atoms with van der Waals surface area (Å²) in [5.41, 5.74) is -0.429. The fourth-order valence-corrected chi connectivity index (χ4v) is 13.2. The molecule has 0 aromatic heterocycles. The van der Waals surface area contributed by atoms with E-state index < -0.39 is 115 Å². The van der Waals surface area contributed by atoms with Gasteiger partial charge in [0.25, 0.3) is 0 Å².